The van der Waals surface area contributed by atoms with Gasteiger partial charge in [-0.2, -0.15) is 20.3 Å². The molecule has 3 aromatic heterocycles. The first-order valence-electron chi connectivity index (χ1n) is 11.0. The molecule has 2 bridgehead atoms. The molecule has 2 aliphatic rings. The number of fused-ring (bicyclic) bond motifs is 3. The number of H-pyrrole nitrogens is 2. The summed E-state index contributed by atoms with van der Waals surface area (Å²) < 4.78 is 0. The number of aryl methyl sites for hydroxylation is 2. The van der Waals surface area contributed by atoms with Gasteiger partial charge in [-0.1, -0.05) is 0 Å². The van der Waals surface area contributed by atoms with Crippen LogP contribution in [0, 0.1) is 25.2 Å². The Morgan fingerprint density at radius 3 is 2.81 bits per heavy atom. The summed E-state index contributed by atoms with van der Waals surface area (Å²) >= 11 is 0. The van der Waals surface area contributed by atoms with Crippen LogP contribution in [0.1, 0.15) is 50.0 Å². The Hall–Kier alpha value is -3.19. The second-order valence-electron chi connectivity index (χ2n) is 8.66. The van der Waals surface area contributed by atoms with Crippen molar-refractivity contribution in [2.45, 2.75) is 70.5 Å². The standard InChI is InChI=1S/C21H28N10/c1-12-10-17(30-29-12)26-21-27-19-18(23-13(2)24-19)20(28-21)25-14-4-5-15-6-7-16(11-14)31(15)9-3-8-22/h10,14-16H,3-7,9,11H2,1-2H3,(H4,23,24,25,26,27,28,29,30)/t14-,15?,16+/m1/s1. The Morgan fingerprint density at radius 1 is 1.16 bits per heavy atom. The first kappa shape index (κ1) is 19.8. The SMILES string of the molecule is Cc1cc(Nc2nc(N[C@@H]3CCC4CC[C@@H](C3)N4CCC#N)c3[nH]c(C)nc3n2)n[nH]1. The third-order valence-electron chi connectivity index (χ3n) is 6.41. The van der Waals surface area contributed by atoms with Crippen molar-refractivity contribution < 1.29 is 0 Å². The van der Waals surface area contributed by atoms with Crippen LogP contribution in [0.2, 0.25) is 0 Å². The van der Waals surface area contributed by atoms with Gasteiger partial charge in [0.2, 0.25) is 5.95 Å². The van der Waals surface area contributed by atoms with E-state index in [0.29, 0.717) is 42.0 Å². The maximum atomic E-state index is 9.02. The molecular weight excluding hydrogens is 392 g/mol. The molecule has 0 radical (unpaired) electrons. The van der Waals surface area contributed by atoms with Crippen LogP contribution in [-0.2, 0) is 0 Å². The second-order valence-corrected chi connectivity index (χ2v) is 8.66. The Kier molecular flexibility index (Phi) is 5.19. The zero-order valence-corrected chi connectivity index (χ0v) is 17.9. The van der Waals surface area contributed by atoms with Gasteiger partial charge in [0.05, 0.1) is 6.07 Å². The van der Waals surface area contributed by atoms with E-state index in [1.807, 2.05) is 19.9 Å². The van der Waals surface area contributed by atoms with E-state index in [1.165, 1.54) is 12.8 Å². The van der Waals surface area contributed by atoms with Crippen molar-refractivity contribution in [2.75, 3.05) is 17.2 Å². The number of aromatic nitrogens is 6. The van der Waals surface area contributed by atoms with Gasteiger partial charge in [0.15, 0.2) is 17.3 Å². The number of nitriles is 1. The highest BCUT2D eigenvalue weighted by molar-refractivity contribution is 5.84. The quantitative estimate of drug-likeness (QED) is 0.478. The number of nitrogens with zero attached hydrogens (tertiary/aromatic N) is 6. The molecule has 2 saturated heterocycles. The first-order chi connectivity index (χ1) is 15.1. The molecule has 5 heterocycles. The number of aromatic amines is 2. The van der Waals surface area contributed by atoms with Crippen molar-refractivity contribution in [3.8, 4) is 6.07 Å². The molecule has 162 valence electrons. The molecule has 3 aromatic rings. The molecule has 4 N–H and O–H groups in total. The molecule has 3 atom stereocenters. The topological polar surface area (TPSA) is 134 Å². The molecular formula is C21H28N10. The summed E-state index contributed by atoms with van der Waals surface area (Å²) in [5.74, 6) is 2.73. The predicted octanol–water partition coefficient (Wildman–Crippen LogP) is 3.15. The molecule has 0 aromatic carbocycles. The fraction of sp³-hybridized carbons (Fsp3) is 0.571. The molecule has 2 aliphatic heterocycles. The van der Waals surface area contributed by atoms with Crippen molar-refractivity contribution in [3.63, 3.8) is 0 Å². The number of anilines is 3. The van der Waals surface area contributed by atoms with Gasteiger partial charge in [-0.3, -0.25) is 10.00 Å². The third-order valence-corrected chi connectivity index (χ3v) is 6.41. The fourth-order valence-corrected chi connectivity index (χ4v) is 5.06. The molecule has 2 fully saturated rings. The Labute approximate surface area is 180 Å². The van der Waals surface area contributed by atoms with Crippen LogP contribution in [0.4, 0.5) is 17.6 Å². The van der Waals surface area contributed by atoms with E-state index in [4.69, 9.17) is 10.2 Å². The van der Waals surface area contributed by atoms with Crippen LogP contribution in [0.5, 0.6) is 0 Å². The lowest BCUT2D eigenvalue weighted by Crippen LogP contribution is -2.36. The summed E-state index contributed by atoms with van der Waals surface area (Å²) in [5, 5.41) is 23.0. The normalized spacial score (nSPS) is 23.6. The minimum atomic E-state index is 0.321. The van der Waals surface area contributed by atoms with E-state index in [1.54, 1.807) is 0 Å². The number of rotatable bonds is 6. The van der Waals surface area contributed by atoms with Crippen molar-refractivity contribution >= 4 is 28.7 Å². The number of imidazole rings is 1. The Balaban J connectivity index is 1.38. The van der Waals surface area contributed by atoms with Gasteiger partial charge in [-0.05, 0) is 46.0 Å². The molecule has 10 heteroatoms. The summed E-state index contributed by atoms with van der Waals surface area (Å²) in [6.45, 7) is 4.76. The van der Waals surface area contributed by atoms with E-state index in [9.17, 15) is 0 Å². The third kappa shape index (κ3) is 4.05. The minimum absolute atomic E-state index is 0.321. The van der Waals surface area contributed by atoms with Crippen molar-refractivity contribution in [2.24, 2.45) is 0 Å². The van der Waals surface area contributed by atoms with Crippen LogP contribution in [0.3, 0.4) is 0 Å². The Bertz CT molecular complexity index is 1110. The molecule has 1 unspecified atom stereocenters. The highest BCUT2D eigenvalue weighted by Gasteiger charge is 2.37. The maximum Gasteiger partial charge on any atom is 0.232 e. The molecule has 0 saturated carbocycles. The maximum absolute atomic E-state index is 9.02. The smallest absolute Gasteiger partial charge is 0.232 e. The zero-order chi connectivity index (χ0) is 21.4. The predicted molar refractivity (Wildman–Crippen MR) is 118 cm³/mol. The van der Waals surface area contributed by atoms with Gasteiger partial charge in [0.1, 0.15) is 11.3 Å². The van der Waals surface area contributed by atoms with E-state index in [2.05, 4.69) is 46.8 Å². The first-order valence-corrected chi connectivity index (χ1v) is 11.0. The van der Waals surface area contributed by atoms with Crippen molar-refractivity contribution in [3.05, 3.63) is 17.6 Å². The van der Waals surface area contributed by atoms with Crippen molar-refractivity contribution in [1.29, 1.82) is 5.26 Å². The largest absolute Gasteiger partial charge is 0.365 e. The lowest BCUT2D eigenvalue weighted by Gasteiger charge is -2.27. The number of nitrogens with one attached hydrogen (secondary N) is 4. The van der Waals surface area contributed by atoms with Gasteiger partial charge >= 0.3 is 0 Å². The van der Waals surface area contributed by atoms with E-state index in [0.717, 1.165) is 48.7 Å². The number of hydrogen-bond donors (Lipinski definition) is 4. The molecule has 5 rings (SSSR count). The average Bonchev–Trinajstić information content (AvgIpc) is 3.38. The molecule has 10 nitrogen and oxygen atoms in total. The average molecular weight is 421 g/mol. The zero-order valence-electron chi connectivity index (χ0n) is 17.9. The lowest BCUT2D eigenvalue weighted by molar-refractivity contribution is 0.198. The summed E-state index contributed by atoms with van der Waals surface area (Å²) in [6, 6.07) is 5.67. The van der Waals surface area contributed by atoms with Gasteiger partial charge in [-0.15, -0.1) is 0 Å². The van der Waals surface area contributed by atoms with Gasteiger partial charge in [0, 0.05) is 42.9 Å². The summed E-state index contributed by atoms with van der Waals surface area (Å²) in [6.07, 6.45) is 6.35. The van der Waals surface area contributed by atoms with Crippen LogP contribution in [-0.4, -0.2) is 59.7 Å². The van der Waals surface area contributed by atoms with Gasteiger partial charge in [-0.25, -0.2) is 4.98 Å². The van der Waals surface area contributed by atoms with E-state index < -0.39 is 0 Å². The molecule has 31 heavy (non-hydrogen) atoms. The van der Waals surface area contributed by atoms with Crippen LogP contribution in [0.15, 0.2) is 6.07 Å². The van der Waals surface area contributed by atoms with Crippen molar-refractivity contribution in [1.82, 2.24) is 35.0 Å². The van der Waals surface area contributed by atoms with E-state index >= 15 is 0 Å². The van der Waals surface area contributed by atoms with Gasteiger partial charge in [0.25, 0.3) is 0 Å². The van der Waals surface area contributed by atoms with Crippen LogP contribution >= 0.6 is 0 Å². The molecule has 0 amide bonds. The van der Waals surface area contributed by atoms with Crippen LogP contribution < -0.4 is 10.6 Å². The van der Waals surface area contributed by atoms with Crippen LogP contribution in [0.25, 0.3) is 11.2 Å². The lowest BCUT2D eigenvalue weighted by atomic mass is 9.97. The second kappa shape index (κ2) is 8.15. The summed E-state index contributed by atoms with van der Waals surface area (Å²) in [7, 11) is 0. The highest BCUT2D eigenvalue weighted by atomic mass is 15.3. The van der Waals surface area contributed by atoms with Gasteiger partial charge < -0.3 is 15.6 Å². The van der Waals surface area contributed by atoms with E-state index in [-0.39, 0.29) is 0 Å². The molecule has 0 spiro atoms. The molecule has 0 aliphatic carbocycles. The Morgan fingerprint density at radius 2 is 2.00 bits per heavy atom. The monoisotopic (exact) mass is 420 g/mol. The number of hydrogen-bond acceptors (Lipinski definition) is 8. The fourth-order valence-electron chi connectivity index (χ4n) is 5.06. The summed E-state index contributed by atoms with van der Waals surface area (Å²) in [4.78, 5) is 19.7. The summed E-state index contributed by atoms with van der Waals surface area (Å²) in [5.41, 5.74) is 2.43. The highest BCUT2D eigenvalue weighted by Crippen LogP contribution is 2.35. The minimum Gasteiger partial charge on any atom is -0.365 e.